The van der Waals surface area contributed by atoms with Crippen molar-refractivity contribution in [3.8, 4) is 0 Å². The summed E-state index contributed by atoms with van der Waals surface area (Å²) in [6.45, 7) is 0. The van der Waals surface area contributed by atoms with Gasteiger partial charge in [-0.1, -0.05) is 30.3 Å². The third-order valence-corrected chi connectivity index (χ3v) is 11.0. The number of nitrogens with zero attached hydrogens (tertiary/aromatic N) is 3. The summed E-state index contributed by atoms with van der Waals surface area (Å²) < 4.78 is 5.03. The molecule has 2 aromatic carbocycles. The molecule has 7 heterocycles. The second-order valence-electron chi connectivity index (χ2n) is 12.2. The van der Waals surface area contributed by atoms with Gasteiger partial charge in [-0.05, 0) is 89.2 Å². The molecular weight excluding hydrogens is 645 g/mol. The van der Waals surface area contributed by atoms with Crippen LogP contribution in [-0.4, -0.2) is 39.3 Å². The van der Waals surface area contributed by atoms with Gasteiger partial charge in [0.15, 0.2) is 0 Å². The van der Waals surface area contributed by atoms with Crippen molar-refractivity contribution in [1.82, 2.24) is 39.3 Å². The lowest BCUT2D eigenvalue weighted by atomic mass is 9.56. The highest BCUT2D eigenvalue weighted by Crippen LogP contribution is 2.65. The summed E-state index contributed by atoms with van der Waals surface area (Å²) in [5.41, 5.74) is 11.1. The van der Waals surface area contributed by atoms with Crippen molar-refractivity contribution in [2.45, 2.75) is 11.3 Å². The third kappa shape index (κ3) is 4.17. The van der Waals surface area contributed by atoms with Crippen molar-refractivity contribution in [1.29, 1.82) is 0 Å². The maximum absolute atomic E-state index is 5.47. The number of rotatable bonds is 7. The molecular formula is C39H28N8S2. The lowest BCUT2D eigenvalue weighted by Crippen LogP contribution is -2.42. The van der Waals surface area contributed by atoms with Crippen LogP contribution in [0.15, 0.2) is 133 Å². The average Bonchev–Trinajstić information content (AvgIpc) is 3.99. The highest BCUT2D eigenvalue weighted by Gasteiger charge is 2.57. The van der Waals surface area contributed by atoms with Crippen LogP contribution < -0.4 is 0 Å². The Morgan fingerprint density at radius 1 is 0.694 bits per heavy atom. The Labute approximate surface area is 288 Å². The summed E-state index contributed by atoms with van der Waals surface area (Å²) >= 11 is 3.09. The molecule has 0 spiro atoms. The number of hydrogen-bond acceptors (Lipinski definition) is 5. The van der Waals surface area contributed by atoms with Gasteiger partial charge in [0.1, 0.15) is 16.2 Å². The molecule has 49 heavy (non-hydrogen) atoms. The van der Waals surface area contributed by atoms with Gasteiger partial charge in [-0.25, -0.2) is 9.97 Å². The monoisotopic (exact) mass is 672 g/mol. The van der Waals surface area contributed by atoms with Crippen LogP contribution in [0.1, 0.15) is 45.2 Å². The van der Waals surface area contributed by atoms with Crippen LogP contribution in [0.3, 0.4) is 0 Å². The van der Waals surface area contributed by atoms with Gasteiger partial charge >= 0.3 is 0 Å². The molecule has 10 rings (SSSR count). The topological polar surface area (TPSA) is 118 Å². The van der Waals surface area contributed by atoms with Gasteiger partial charge in [0.2, 0.25) is 0 Å². The predicted molar refractivity (Wildman–Crippen MR) is 198 cm³/mol. The van der Waals surface area contributed by atoms with E-state index in [0.717, 1.165) is 83.5 Å². The number of para-hydroxylation sites is 3. The van der Waals surface area contributed by atoms with E-state index in [2.05, 4.69) is 115 Å². The number of nitrogens with one attached hydrogen (secondary N) is 5. The molecule has 1 aliphatic carbocycles. The van der Waals surface area contributed by atoms with Gasteiger partial charge < -0.3 is 24.9 Å². The second-order valence-corrected chi connectivity index (χ2v) is 13.7. The number of aromatic nitrogens is 8. The summed E-state index contributed by atoms with van der Waals surface area (Å²) in [5.74, 6) is 0.475. The molecule has 8 nitrogen and oxygen atoms in total. The molecule has 236 valence electrons. The van der Waals surface area contributed by atoms with Gasteiger partial charge in [-0.15, -0.1) is 11.3 Å². The van der Waals surface area contributed by atoms with E-state index < -0.39 is 5.41 Å². The molecule has 9 aromatic rings. The van der Waals surface area contributed by atoms with Gasteiger partial charge in [0, 0.05) is 86.5 Å². The summed E-state index contributed by atoms with van der Waals surface area (Å²) in [6.07, 6.45) is 7.87. The minimum Gasteiger partial charge on any atom is -0.364 e. The number of allylic oxidation sites excluding steroid dienone is 4. The molecule has 5 N–H and O–H groups in total. The first-order valence-corrected chi connectivity index (χ1v) is 17.8. The van der Waals surface area contributed by atoms with Crippen molar-refractivity contribution in [3.05, 3.63) is 172 Å². The zero-order valence-corrected chi connectivity index (χ0v) is 27.6. The lowest BCUT2D eigenvalue weighted by Gasteiger charge is -2.46. The summed E-state index contributed by atoms with van der Waals surface area (Å²) in [6, 6.07) is 33.8. The highest BCUT2D eigenvalue weighted by molar-refractivity contribution is 7.10. The van der Waals surface area contributed by atoms with Crippen LogP contribution in [-0.2, 0) is 5.41 Å². The molecule has 0 radical (unpaired) electrons. The molecule has 0 aliphatic heterocycles. The van der Waals surface area contributed by atoms with Gasteiger partial charge in [-0.2, -0.15) is 4.37 Å². The minimum absolute atomic E-state index is 0.341. The standard InChI is InChI=1S/C39H28N8S2/c1-2-9-24-23(8-1)22-30(44-24)35-33(27-12-5-16-40-27)32(29-15-20-49-47-29)34(28-13-6-17-41-28)36(37-43-19-21-48-37)39(35,31-14-7-18-42-31)38-45-25-10-3-4-11-26(25)46-38/h1-22,35,40-42,44H,(H,45,46). The summed E-state index contributed by atoms with van der Waals surface area (Å²) in [4.78, 5) is 29.2. The van der Waals surface area contributed by atoms with E-state index in [4.69, 9.17) is 14.3 Å². The minimum atomic E-state index is -0.943. The molecule has 0 amide bonds. The first-order valence-electron chi connectivity index (χ1n) is 16.0. The van der Waals surface area contributed by atoms with Crippen molar-refractivity contribution in [2.75, 3.05) is 0 Å². The normalized spacial score (nSPS) is 18.3. The first-order chi connectivity index (χ1) is 24.3. The highest BCUT2D eigenvalue weighted by atomic mass is 32.1. The number of thiazole rings is 1. The van der Waals surface area contributed by atoms with Crippen LogP contribution in [0.5, 0.6) is 0 Å². The number of fused-ring (bicyclic) bond motifs is 2. The molecule has 0 bridgehead atoms. The predicted octanol–water partition coefficient (Wildman–Crippen LogP) is 9.25. The quantitative estimate of drug-likeness (QED) is 0.116. The fourth-order valence-corrected chi connectivity index (χ4v) is 9.03. The van der Waals surface area contributed by atoms with E-state index in [1.54, 1.807) is 11.3 Å². The fourth-order valence-electron chi connectivity index (χ4n) is 7.76. The van der Waals surface area contributed by atoms with Crippen molar-refractivity contribution >= 4 is 67.1 Å². The molecule has 2 atom stereocenters. The summed E-state index contributed by atoms with van der Waals surface area (Å²) in [5, 5.41) is 6.14. The number of benzene rings is 2. The van der Waals surface area contributed by atoms with Gasteiger partial charge in [0.05, 0.1) is 16.7 Å². The van der Waals surface area contributed by atoms with Crippen molar-refractivity contribution < 1.29 is 0 Å². The zero-order chi connectivity index (χ0) is 32.4. The Balaban J connectivity index is 1.48. The number of H-pyrrole nitrogens is 5. The molecule has 10 heteroatoms. The SMILES string of the molecule is c1c[nH]c(C2=C(c3nccs3)C(c3ccc[nH]3)(c3nc4ccccc4[nH]3)C(c3cc4ccccc4[nH]3)C(c3ccc[nH]3)=C2c2ccsn2)c1. The van der Waals surface area contributed by atoms with Crippen LogP contribution in [0.25, 0.3) is 44.2 Å². The van der Waals surface area contributed by atoms with E-state index in [9.17, 15) is 0 Å². The average molecular weight is 673 g/mol. The molecule has 1 aliphatic rings. The molecule has 0 saturated heterocycles. The smallest absolute Gasteiger partial charge is 0.125 e. The lowest BCUT2D eigenvalue weighted by molar-refractivity contribution is 0.547. The molecule has 2 unspecified atom stereocenters. The van der Waals surface area contributed by atoms with E-state index in [-0.39, 0.29) is 5.92 Å². The van der Waals surface area contributed by atoms with Crippen LogP contribution in [0.4, 0.5) is 0 Å². The fraction of sp³-hybridized carbons (Fsp3) is 0.0513. The van der Waals surface area contributed by atoms with E-state index in [0.29, 0.717) is 0 Å². The third-order valence-electron chi connectivity index (χ3n) is 9.63. The number of imidazole rings is 1. The first kappa shape index (κ1) is 28.1. The maximum Gasteiger partial charge on any atom is 0.125 e. The Bertz CT molecular complexity index is 2530. The Morgan fingerprint density at radius 2 is 1.49 bits per heavy atom. The Hall–Kier alpha value is -5.97. The van der Waals surface area contributed by atoms with E-state index in [1.807, 2.05) is 42.3 Å². The number of hydrogen-bond donors (Lipinski definition) is 5. The van der Waals surface area contributed by atoms with Gasteiger partial charge in [-0.3, -0.25) is 0 Å². The Kier molecular flexibility index (Phi) is 6.33. The molecule has 7 aromatic heterocycles. The van der Waals surface area contributed by atoms with Crippen LogP contribution >= 0.6 is 22.9 Å². The molecule has 0 saturated carbocycles. The van der Waals surface area contributed by atoms with Gasteiger partial charge in [0.25, 0.3) is 0 Å². The maximum atomic E-state index is 5.47. The van der Waals surface area contributed by atoms with Crippen LogP contribution in [0, 0.1) is 0 Å². The second kappa shape index (κ2) is 11.0. The zero-order valence-electron chi connectivity index (χ0n) is 25.9. The number of aromatic amines is 5. The van der Waals surface area contributed by atoms with E-state index >= 15 is 0 Å². The van der Waals surface area contributed by atoms with Crippen molar-refractivity contribution in [2.24, 2.45) is 0 Å². The largest absolute Gasteiger partial charge is 0.364 e. The van der Waals surface area contributed by atoms with Crippen LogP contribution in [0.2, 0.25) is 0 Å². The Morgan fingerprint density at radius 3 is 2.20 bits per heavy atom. The van der Waals surface area contributed by atoms with Crippen molar-refractivity contribution in [3.63, 3.8) is 0 Å². The summed E-state index contributed by atoms with van der Waals surface area (Å²) in [7, 11) is 0. The molecule has 0 fully saturated rings. The van der Waals surface area contributed by atoms with E-state index in [1.165, 1.54) is 11.5 Å².